The first-order chi connectivity index (χ1) is 11.6. The molecule has 1 N–H and O–H groups in total. The molecule has 24 heavy (non-hydrogen) atoms. The van der Waals surface area contributed by atoms with Crippen molar-refractivity contribution in [3.8, 4) is 11.5 Å². The molecule has 1 atom stereocenters. The Morgan fingerprint density at radius 1 is 1.17 bits per heavy atom. The van der Waals surface area contributed by atoms with Crippen molar-refractivity contribution >= 4 is 5.91 Å². The molecule has 2 aliphatic rings. The van der Waals surface area contributed by atoms with E-state index in [9.17, 15) is 4.79 Å². The van der Waals surface area contributed by atoms with E-state index in [1.54, 1.807) is 18.2 Å². The molecule has 0 aromatic heterocycles. The lowest BCUT2D eigenvalue weighted by Crippen LogP contribution is -2.46. The first-order valence-corrected chi connectivity index (χ1v) is 9.05. The van der Waals surface area contributed by atoms with Crippen molar-refractivity contribution in [1.29, 1.82) is 0 Å². The van der Waals surface area contributed by atoms with Gasteiger partial charge in [-0.2, -0.15) is 0 Å². The topological polar surface area (TPSA) is 50.8 Å². The van der Waals surface area contributed by atoms with Crippen molar-refractivity contribution in [2.45, 2.75) is 45.6 Å². The highest BCUT2D eigenvalue weighted by Gasteiger charge is 2.23. The molecule has 1 unspecified atom stereocenters. The average Bonchev–Trinajstić information content (AvgIpc) is 3.06. The fourth-order valence-corrected chi connectivity index (χ4v) is 3.54. The fourth-order valence-electron chi connectivity index (χ4n) is 3.54. The minimum Gasteiger partial charge on any atom is -0.454 e. The Kier molecular flexibility index (Phi) is 5.61. The molecule has 0 bridgehead atoms. The minimum absolute atomic E-state index is 0.0425. The van der Waals surface area contributed by atoms with Gasteiger partial charge in [-0.05, 0) is 56.5 Å². The zero-order chi connectivity index (χ0) is 16.9. The van der Waals surface area contributed by atoms with Gasteiger partial charge >= 0.3 is 0 Å². The lowest BCUT2D eigenvalue weighted by atomic mass is 9.99. The van der Waals surface area contributed by atoms with Gasteiger partial charge in [0.05, 0.1) is 0 Å². The minimum atomic E-state index is -0.0425. The molecule has 132 valence electrons. The molecule has 1 aromatic carbocycles. The smallest absolute Gasteiger partial charge is 0.251 e. The second-order valence-electron chi connectivity index (χ2n) is 7.16. The maximum absolute atomic E-state index is 12.5. The van der Waals surface area contributed by atoms with Gasteiger partial charge in [-0.3, -0.25) is 9.69 Å². The summed E-state index contributed by atoms with van der Waals surface area (Å²) in [5.41, 5.74) is 0.626. The summed E-state index contributed by atoms with van der Waals surface area (Å²) in [7, 11) is 0. The maximum atomic E-state index is 12.5. The van der Waals surface area contributed by atoms with Crippen LogP contribution in [-0.4, -0.2) is 43.3 Å². The summed E-state index contributed by atoms with van der Waals surface area (Å²) in [5, 5.41) is 3.12. The Labute approximate surface area is 144 Å². The van der Waals surface area contributed by atoms with Gasteiger partial charge in [-0.15, -0.1) is 0 Å². The van der Waals surface area contributed by atoms with Crippen LogP contribution in [0.2, 0.25) is 0 Å². The van der Waals surface area contributed by atoms with Crippen LogP contribution in [0.4, 0.5) is 0 Å². The molecule has 3 rings (SSSR count). The first kappa shape index (κ1) is 17.1. The largest absolute Gasteiger partial charge is 0.454 e. The number of rotatable bonds is 6. The second-order valence-corrected chi connectivity index (χ2v) is 7.16. The van der Waals surface area contributed by atoms with E-state index in [0.29, 0.717) is 35.6 Å². The number of benzene rings is 1. The van der Waals surface area contributed by atoms with E-state index in [1.165, 1.54) is 19.3 Å². The molecule has 5 nitrogen and oxygen atoms in total. The number of hydrogen-bond donors (Lipinski definition) is 1. The predicted octanol–water partition coefficient (Wildman–Crippen LogP) is 3.05. The molecule has 0 spiro atoms. The van der Waals surface area contributed by atoms with Crippen molar-refractivity contribution in [2.75, 3.05) is 26.4 Å². The number of hydrogen-bond acceptors (Lipinski definition) is 4. The Morgan fingerprint density at radius 3 is 2.67 bits per heavy atom. The quantitative estimate of drug-likeness (QED) is 0.870. The van der Waals surface area contributed by atoms with E-state index >= 15 is 0 Å². The number of carbonyl (C=O) groups excluding carboxylic acids is 1. The van der Waals surface area contributed by atoms with Crippen molar-refractivity contribution in [2.24, 2.45) is 5.92 Å². The summed E-state index contributed by atoms with van der Waals surface area (Å²) in [6.45, 7) is 7.72. The van der Waals surface area contributed by atoms with Gasteiger partial charge in [0.2, 0.25) is 6.79 Å². The van der Waals surface area contributed by atoms with Gasteiger partial charge in [0, 0.05) is 18.2 Å². The van der Waals surface area contributed by atoms with E-state index in [4.69, 9.17) is 9.47 Å². The molecule has 2 heterocycles. The summed E-state index contributed by atoms with van der Waals surface area (Å²) in [4.78, 5) is 15.0. The molecule has 1 aromatic rings. The second kappa shape index (κ2) is 7.88. The monoisotopic (exact) mass is 332 g/mol. The third kappa shape index (κ3) is 4.20. The van der Waals surface area contributed by atoms with Crippen LogP contribution in [0.1, 0.15) is 49.9 Å². The molecule has 2 aliphatic heterocycles. The van der Waals surface area contributed by atoms with Crippen LogP contribution in [0, 0.1) is 5.92 Å². The predicted molar refractivity (Wildman–Crippen MR) is 93.6 cm³/mol. The summed E-state index contributed by atoms with van der Waals surface area (Å²) in [6.07, 6.45) is 4.98. The van der Waals surface area contributed by atoms with E-state index in [2.05, 4.69) is 24.1 Å². The number of fused-ring (bicyclic) bond motifs is 1. The molecule has 0 aliphatic carbocycles. The first-order valence-electron chi connectivity index (χ1n) is 9.05. The Hall–Kier alpha value is -1.75. The average molecular weight is 332 g/mol. The normalized spacial score (nSPS) is 18.6. The van der Waals surface area contributed by atoms with E-state index in [0.717, 1.165) is 19.5 Å². The summed E-state index contributed by atoms with van der Waals surface area (Å²) >= 11 is 0. The maximum Gasteiger partial charge on any atom is 0.251 e. The number of ether oxygens (including phenoxy) is 2. The van der Waals surface area contributed by atoms with Crippen LogP contribution in [0.25, 0.3) is 0 Å². The van der Waals surface area contributed by atoms with Gasteiger partial charge in [0.15, 0.2) is 11.5 Å². The van der Waals surface area contributed by atoms with Gasteiger partial charge in [-0.25, -0.2) is 0 Å². The zero-order valence-corrected chi connectivity index (χ0v) is 14.7. The summed E-state index contributed by atoms with van der Waals surface area (Å²) in [5.74, 6) is 1.94. The standard InChI is InChI=1S/C19H28N2O3/c1-14(2)10-16(21-8-4-3-5-9-21)12-20-19(22)15-6-7-17-18(11-15)24-13-23-17/h6-7,11,14,16H,3-5,8-10,12-13H2,1-2H3,(H,20,22). The molecule has 1 amide bonds. The van der Waals surface area contributed by atoms with E-state index < -0.39 is 0 Å². The third-order valence-electron chi connectivity index (χ3n) is 4.78. The van der Waals surface area contributed by atoms with Crippen LogP contribution in [0.15, 0.2) is 18.2 Å². The van der Waals surface area contributed by atoms with E-state index in [1.807, 2.05) is 0 Å². The van der Waals surface area contributed by atoms with Gasteiger partial charge in [0.25, 0.3) is 5.91 Å². The summed E-state index contributed by atoms with van der Waals surface area (Å²) < 4.78 is 10.6. The molecule has 0 radical (unpaired) electrons. The van der Waals surface area contributed by atoms with Gasteiger partial charge < -0.3 is 14.8 Å². The number of likely N-dealkylation sites (tertiary alicyclic amines) is 1. The zero-order valence-electron chi connectivity index (χ0n) is 14.7. The molecular formula is C19H28N2O3. The van der Waals surface area contributed by atoms with Crippen LogP contribution in [0.5, 0.6) is 11.5 Å². The number of nitrogens with zero attached hydrogens (tertiary/aromatic N) is 1. The number of carbonyl (C=O) groups is 1. The van der Waals surface area contributed by atoms with E-state index in [-0.39, 0.29) is 12.7 Å². The van der Waals surface area contributed by atoms with Crippen molar-refractivity contribution in [1.82, 2.24) is 10.2 Å². The molecule has 5 heteroatoms. The molecular weight excluding hydrogens is 304 g/mol. The molecule has 0 saturated carbocycles. The number of amides is 1. The van der Waals surface area contributed by atoms with Gasteiger partial charge in [-0.1, -0.05) is 20.3 Å². The lowest BCUT2D eigenvalue weighted by molar-refractivity contribution is 0.0913. The molecule has 1 fully saturated rings. The van der Waals surface area contributed by atoms with Crippen LogP contribution in [0.3, 0.4) is 0 Å². The summed E-state index contributed by atoms with van der Waals surface area (Å²) in [6, 6.07) is 5.77. The van der Waals surface area contributed by atoms with Crippen LogP contribution in [-0.2, 0) is 0 Å². The number of nitrogens with one attached hydrogen (secondary N) is 1. The highest BCUT2D eigenvalue weighted by molar-refractivity contribution is 5.94. The van der Waals surface area contributed by atoms with Crippen molar-refractivity contribution in [3.05, 3.63) is 23.8 Å². The third-order valence-corrected chi connectivity index (χ3v) is 4.78. The van der Waals surface area contributed by atoms with Crippen molar-refractivity contribution < 1.29 is 14.3 Å². The lowest BCUT2D eigenvalue weighted by Gasteiger charge is -2.35. The van der Waals surface area contributed by atoms with Crippen LogP contribution < -0.4 is 14.8 Å². The number of piperidine rings is 1. The Balaban J connectivity index is 1.59. The Bertz CT molecular complexity index is 568. The highest BCUT2D eigenvalue weighted by Crippen LogP contribution is 2.32. The Morgan fingerprint density at radius 2 is 1.92 bits per heavy atom. The highest BCUT2D eigenvalue weighted by atomic mass is 16.7. The van der Waals surface area contributed by atoms with Crippen LogP contribution >= 0.6 is 0 Å². The van der Waals surface area contributed by atoms with Crippen molar-refractivity contribution in [3.63, 3.8) is 0 Å². The van der Waals surface area contributed by atoms with Gasteiger partial charge in [0.1, 0.15) is 0 Å². The molecule has 1 saturated heterocycles. The fraction of sp³-hybridized carbons (Fsp3) is 0.632. The SMILES string of the molecule is CC(C)CC(CNC(=O)c1ccc2c(c1)OCO2)N1CCCCC1.